The molecule has 2 aromatic carbocycles. The topological polar surface area (TPSA) is 46.6 Å². The predicted octanol–water partition coefficient (Wildman–Crippen LogP) is 3.70. The first-order valence-corrected chi connectivity index (χ1v) is 8.00. The molecular formula is C21H19NO3. The molecule has 0 spiro atoms. The van der Waals surface area contributed by atoms with Crippen LogP contribution in [0.2, 0.25) is 0 Å². The molecule has 0 saturated heterocycles. The Morgan fingerprint density at radius 3 is 2.64 bits per heavy atom. The van der Waals surface area contributed by atoms with Crippen molar-refractivity contribution in [1.82, 2.24) is 4.90 Å². The zero-order valence-corrected chi connectivity index (χ0v) is 14.3. The van der Waals surface area contributed by atoms with Crippen molar-refractivity contribution in [1.29, 1.82) is 0 Å². The number of ether oxygens (including phenoxy) is 1. The number of nitrogens with zero attached hydrogens (tertiary/aromatic N) is 1. The van der Waals surface area contributed by atoms with Crippen molar-refractivity contribution in [3.05, 3.63) is 77.5 Å². The largest absolute Gasteiger partial charge is 0.465 e. The van der Waals surface area contributed by atoms with E-state index in [0.717, 1.165) is 16.3 Å². The van der Waals surface area contributed by atoms with E-state index in [1.54, 1.807) is 19.1 Å². The van der Waals surface area contributed by atoms with E-state index in [4.69, 9.17) is 4.74 Å². The van der Waals surface area contributed by atoms with Gasteiger partial charge in [0.15, 0.2) is 0 Å². The lowest BCUT2D eigenvalue weighted by atomic mass is 9.99. The number of rotatable bonds is 4. The van der Waals surface area contributed by atoms with E-state index >= 15 is 0 Å². The molecular weight excluding hydrogens is 314 g/mol. The number of carbonyl (C=O) groups is 2. The van der Waals surface area contributed by atoms with Crippen molar-refractivity contribution in [3.63, 3.8) is 0 Å². The fourth-order valence-electron chi connectivity index (χ4n) is 3.11. The Kier molecular flexibility index (Phi) is 4.52. The summed E-state index contributed by atoms with van der Waals surface area (Å²) in [6, 6.07) is 13.8. The highest BCUT2D eigenvalue weighted by Gasteiger charge is 2.36. The van der Waals surface area contributed by atoms with Crippen LogP contribution < -0.4 is 0 Å². The number of methoxy groups -OCH3 is 1. The second-order valence-electron chi connectivity index (χ2n) is 5.78. The molecule has 1 aliphatic rings. The Morgan fingerprint density at radius 1 is 1.20 bits per heavy atom. The van der Waals surface area contributed by atoms with Gasteiger partial charge >= 0.3 is 5.97 Å². The van der Waals surface area contributed by atoms with Crippen LogP contribution in [-0.2, 0) is 14.3 Å². The maximum atomic E-state index is 12.8. The van der Waals surface area contributed by atoms with E-state index < -0.39 is 5.97 Å². The summed E-state index contributed by atoms with van der Waals surface area (Å²) >= 11 is 0. The van der Waals surface area contributed by atoms with Gasteiger partial charge in [-0.2, -0.15) is 0 Å². The van der Waals surface area contributed by atoms with E-state index in [2.05, 4.69) is 6.58 Å². The third-order valence-electron chi connectivity index (χ3n) is 4.34. The fourth-order valence-corrected chi connectivity index (χ4v) is 3.11. The summed E-state index contributed by atoms with van der Waals surface area (Å²) in [7, 11) is 1.32. The van der Waals surface area contributed by atoms with Crippen molar-refractivity contribution >= 4 is 28.7 Å². The van der Waals surface area contributed by atoms with Crippen molar-refractivity contribution in [2.24, 2.45) is 0 Å². The van der Waals surface area contributed by atoms with Gasteiger partial charge < -0.3 is 9.64 Å². The van der Waals surface area contributed by atoms with E-state index in [1.807, 2.05) is 42.5 Å². The van der Waals surface area contributed by atoms with Gasteiger partial charge in [-0.3, -0.25) is 4.79 Å². The summed E-state index contributed by atoms with van der Waals surface area (Å²) in [5.41, 5.74) is 2.13. The number of carbonyl (C=O) groups excluding carboxylic acids is 2. The molecule has 126 valence electrons. The minimum atomic E-state index is -0.510. The highest BCUT2D eigenvalue weighted by Crippen LogP contribution is 2.32. The van der Waals surface area contributed by atoms with Crippen LogP contribution in [0.4, 0.5) is 0 Å². The van der Waals surface area contributed by atoms with Gasteiger partial charge in [-0.15, -0.1) is 6.58 Å². The Hall–Kier alpha value is -3.14. The zero-order chi connectivity index (χ0) is 18.0. The first-order chi connectivity index (χ1) is 12.1. The smallest absolute Gasteiger partial charge is 0.340 e. The van der Waals surface area contributed by atoms with Gasteiger partial charge in [0.2, 0.25) is 0 Å². The summed E-state index contributed by atoms with van der Waals surface area (Å²) in [6.07, 6.45) is 3.40. The van der Waals surface area contributed by atoms with Gasteiger partial charge in [0.25, 0.3) is 5.91 Å². The van der Waals surface area contributed by atoms with Crippen LogP contribution >= 0.6 is 0 Å². The maximum absolute atomic E-state index is 12.8. The van der Waals surface area contributed by atoms with Crippen LogP contribution in [0.3, 0.4) is 0 Å². The van der Waals surface area contributed by atoms with Crippen LogP contribution in [0.5, 0.6) is 0 Å². The molecule has 2 aromatic rings. The van der Waals surface area contributed by atoms with Gasteiger partial charge in [-0.05, 0) is 29.3 Å². The normalized spacial score (nSPS) is 16.0. The fraction of sp³-hybridized carbons (Fsp3) is 0.143. The van der Waals surface area contributed by atoms with E-state index in [-0.39, 0.29) is 5.91 Å². The SMILES string of the molecule is C=CCN1C(=O)/C(=C\c2cccc3ccccc23)C(C(=O)OC)=C1C. The van der Waals surface area contributed by atoms with E-state index in [1.165, 1.54) is 12.0 Å². The third-order valence-corrected chi connectivity index (χ3v) is 4.34. The van der Waals surface area contributed by atoms with Gasteiger partial charge in [0, 0.05) is 12.2 Å². The molecule has 0 saturated carbocycles. The number of hydrogen-bond acceptors (Lipinski definition) is 3. The Labute approximate surface area is 146 Å². The lowest BCUT2D eigenvalue weighted by molar-refractivity contribution is -0.136. The van der Waals surface area contributed by atoms with Gasteiger partial charge in [-0.1, -0.05) is 48.5 Å². The molecule has 3 rings (SSSR count). The molecule has 0 N–H and O–H groups in total. The third kappa shape index (κ3) is 2.87. The van der Waals surface area contributed by atoms with E-state index in [9.17, 15) is 9.59 Å². The molecule has 0 fully saturated rings. The number of benzene rings is 2. The molecule has 0 radical (unpaired) electrons. The number of esters is 1. The zero-order valence-electron chi connectivity index (χ0n) is 14.3. The van der Waals surface area contributed by atoms with E-state index in [0.29, 0.717) is 23.4 Å². The second kappa shape index (κ2) is 6.77. The summed E-state index contributed by atoms with van der Waals surface area (Å²) in [5, 5.41) is 2.10. The molecule has 1 amide bonds. The highest BCUT2D eigenvalue weighted by atomic mass is 16.5. The minimum Gasteiger partial charge on any atom is -0.465 e. The monoisotopic (exact) mass is 333 g/mol. The van der Waals surface area contributed by atoms with Gasteiger partial charge in [-0.25, -0.2) is 4.79 Å². The molecule has 0 atom stereocenters. The first-order valence-electron chi connectivity index (χ1n) is 8.00. The quantitative estimate of drug-likeness (QED) is 0.487. The number of hydrogen-bond donors (Lipinski definition) is 0. The average molecular weight is 333 g/mol. The molecule has 0 unspecified atom stereocenters. The number of amides is 1. The summed E-state index contributed by atoms with van der Waals surface area (Å²) < 4.78 is 4.89. The molecule has 1 heterocycles. The second-order valence-corrected chi connectivity index (χ2v) is 5.78. The Balaban J connectivity index is 2.19. The Bertz CT molecular complexity index is 932. The lowest BCUT2D eigenvalue weighted by Gasteiger charge is -2.14. The summed E-state index contributed by atoms with van der Waals surface area (Å²) in [6.45, 7) is 5.77. The minimum absolute atomic E-state index is 0.217. The molecule has 0 aliphatic carbocycles. The maximum Gasteiger partial charge on any atom is 0.340 e. The van der Waals surface area contributed by atoms with Gasteiger partial charge in [0.1, 0.15) is 0 Å². The number of fused-ring (bicyclic) bond motifs is 1. The molecule has 25 heavy (non-hydrogen) atoms. The average Bonchev–Trinajstić information content (AvgIpc) is 2.86. The standard InChI is InChI=1S/C21H19NO3/c1-4-12-22-14(2)19(21(24)25-3)18(20(22)23)13-16-10-7-9-15-8-5-6-11-17(15)16/h4-11,13H,1,12H2,2-3H3/b18-13-. The molecule has 0 bridgehead atoms. The summed E-state index contributed by atoms with van der Waals surface area (Å²) in [5.74, 6) is -0.727. The van der Waals surface area contributed by atoms with Crippen LogP contribution in [0.25, 0.3) is 16.8 Å². The van der Waals surface area contributed by atoms with Crippen molar-refractivity contribution < 1.29 is 14.3 Å². The van der Waals surface area contributed by atoms with Crippen molar-refractivity contribution in [2.75, 3.05) is 13.7 Å². The lowest BCUT2D eigenvalue weighted by Crippen LogP contribution is -2.24. The van der Waals surface area contributed by atoms with Crippen LogP contribution in [-0.4, -0.2) is 30.4 Å². The number of allylic oxidation sites excluding steroid dienone is 1. The van der Waals surface area contributed by atoms with Crippen LogP contribution in [0.1, 0.15) is 12.5 Å². The van der Waals surface area contributed by atoms with Crippen molar-refractivity contribution in [2.45, 2.75) is 6.92 Å². The molecule has 4 heteroatoms. The molecule has 4 nitrogen and oxygen atoms in total. The highest BCUT2D eigenvalue weighted by molar-refractivity contribution is 6.17. The summed E-state index contributed by atoms with van der Waals surface area (Å²) in [4.78, 5) is 26.6. The predicted molar refractivity (Wildman–Crippen MR) is 98.6 cm³/mol. The van der Waals surface area contributed by atoms with Crippen LogP contribution in [0.15, 0.2) is 72.0 Å². The first kappa shape index (κ1) is 16.7. The Morgan fingerprint density at radius 2 is 1.92 bits per heavy atom. The van der Waals surface area contributed by atoms with Gasteiger partial charge in [0.05, 0.1) is 18.3 Å². The molecule has 1 aliphatic heterocycles. The molecule has 0 aromatic heterocycles. The van der Waals surface area contributed by atoms with Crippen LogP contribution in [0, 0.1) is 0 Å². The van der Waals surface area contributed by atoms with Crippen molar-refractivity contribution in [3.8, 4) is 0 Å².